The molecular formula is C10H6N2O2. The summed E-state index contributed by atoms with van der Waals surface area (Å²) in [5, 5.41) is 0. The van der Waals surface area contributed by atoms with Gasteiger partial charge in [0, 0.05) is 5.57 Å². The predicted molar refractivity (Wildman–Crippen MR) is 48.6 cm³/mol. The van der Waals surface area contributed by atoms with Gasteiger partial charge >= 0.3 is 5.71 Å². The summed E-state index contributed by atoms with van der Waals surface area (Å²) in [6, 6.07) is 0. The molecular weight excluding hydrogens is 180 g/mol. The van der Waals surface area contributed by atoms with Gasteiger partial charge in [0.2, 0.25) is 0 Å². The first kappa shape index (κ1) is 8.53. The van der Waals surface area contributed by atoms with E-state index in [2.05, 4.69) is 4.79 Å². The standard InChI is InChI=1S/C10H6N2O2/c11-12-7-3-1-2-6-8(13)4-5-9(14)10(6)7/h1-2,4-5H,3H2. The smallest absolute Gasteiger partial charge is 0.307 e. The van der Waals surface area contributed by atoms with Crippen LogP contribution in [0.1, 0.15) is 6.42 Å². The van der Waals surface area contributed by atoms with Crippen molar-refractivity contribution in [3.8, 4) is 0 Å². The Morgan fingerprint density at radius 1 is 1.14 bits per heavy atom. The van der Waals surface area contributed by atoms with Gasteiger partial charge in [-0.2, -0.15) is 4.79 Å². The van der Waals surface area contributed by atoms with Gasteiger partial charge in [-0.25, -0.2) is 0 Å². The molecule has 0 aromatic heterocycles. The van der Waals surface area contributed by atoms with Crippen molar-refractivity contribution in [3.05, 3.63) is 41.0 Å². The lowest BCUT2D eigenvalue weighted by atomic mass is 9.87. The highest BCUT2D eigenvalue weighted by Gasteiger charge is 2.31. The summed E-state index contributed by atoms with van der Waals surface area (Å²) in [4.78, 5) is 25.8. The summed E-state index contributed by atoms with van der Waals surface area (Å²) in [5.74, 6) is -0.506. The van der Waals surface area contributed by atoms with E-state index in [-0.39, 0.29) is 22.9 Å². The Hall–Kier alpha value is -2.06. The summed E-state index contributed by atoms with van der Waals surface area (Å²) in [6.45, 7) is 0. The Balaban J connectivity index is 2.67. The summed E-state index contributed by atoms with van der Waals surface area (Å²) < 4.78 is 0. The van der Waals surface area contributed by atoms with E-state index < -0.39 is 0 Å². The summed E-state index contributed by atoms with van der Waals surface area (Å²) >= 11 is 0. The molecule has 2 rings (SSSR count). The summed E-state index contributed by atoms with van der Waals surface area (Å²) in [7, 11) is 0. The molecule has 0 aromatic rings. The first-order valence-electron chi connectivity index (χ1n) is 4.13. The van der Waals surface area contributed by atoms with Crippen LogP contribution >= 0.6 is 0 Å². The maximum absolute atomic E-state index is 11.4. The zero-order chi connectivity index (χ0) is 10.1. The zero-order valence-corrected chi connectivity index (χ0v) is 7.23. The predicted octanol–water partition coefficient (Wildman–Crippen LogP) is 0.622. The van der Waals surface area contributed by atoms with Crippen LogP contribution in [0.2, 0.25) is 0 Å². The van der Waals surface area contributed by atoms with Crippen LogP contribution in [0, 0.1) is 0 Å². The van der Waals surface area contributed by atoms with Gasteiger partial charge in [0.1, 0.15) is 5.57 Å². The van der Waals surface area contributed by atoms with E-state index in [0.29, 0.717) is 12.0 Å². The van der Waals surface area contributed by atoms with Crippen LogP contribution in [-0.4, -0.2) is 22.1 Å². The van der Waals surface area contributed by atoms with E-state index in [1.54, 1.807) is 12.2 Å². The second-order valence-electron chi connectivity index (χ2n) is 3.00. The van der Waals surface area contributed by atoms with E-state index in [9.17, 15) is 9.59 Å². The van der Waals surface area contributed by atoms with Crippen LogP contribution < -0.4 is 0 Å². The molecule has 0 amide bonds. The first-order valence-corrected chi connectivity index (χ1v) is 4.13. The average molecular weight is 186 g/mol. The van der Waals surface area contributed by atoms with Crippen LogP contribution in [0.25, 0.3) is 5.53 Å². The number of rotatable bonds is 0. The quantitative estimate of drug-likeness (QED) is 0.316. The van der Waals surface area contributed by atoms with E-state index in [1.165, 1.54) is 12.2 Å². The lowest BCUT2D eigenvalue weighted by Crippen LogP contribution is -2.22. The second-order valence-corrected chi connectivity index (χ2v) is 3.00. The Morgan fingerprint density at radius 2 is 1.86 bits per heavy atom. The zero-order valence-electron chi connectivity index (χ0n) is 7.23. The van der Waals surface area contributed by atoms with E-state index in [4.69, 9.17) is 5.53 Å². The number of carbonyl (C=O) groups excluding carboxylic acids is 2. The number of ketones is 2. The molecule has 2 aliphatic rings. The van der Waals surface area contributed by atoms with Gasteiger partial charge in [-0.15, -0.1) is 0 Å². The molecule has 4 heteroatoms. The minimum atomic E-state index is -0.281. The van der Waals surface area contributed by atoms with Crippen molar-refractivity contribution in [3.63, 3.8) is 0 Å². The van der Waals surface area contributed by atoms with Crippen LogP contribution in [0.3, 0.4) is 0 Å². The number of hydrogen-bond acceptors (Lipinski definition) is 2. The van der Waals surface area contributed by atoms with Crippen molar-refractivity contribution in [1.29, 1.82) is 0 Å². The second kappa shape index (κ2) is 3.01. The Kier molecular flexibility index (Phi) is 1.84. The molecule has 0 fully saturated rings. The summed E-state index contributed by atoms with van der Waals surface area (Å²) in [5.41, 5.74) is 9.46. The van der Waals surface area contributed by atoms with Crippen LogP contribution in [0.15, 0.2) is 35.5 Å². The van der Waals surface area contributed by atoms with Crippen molar-refractivity contribution in [2.75, 3.05) is 0 Å². The number of nitrogens with zero attached hydrogens (tertiary/aromatic N) is 2. The summed E-state index contributed by atoms with van der Waals surface area (Å²) in [6.07, 6.45) is 6.09. The fraction of sp³-hybridized carbons (Fsp3) is 0.100. The molecule has 0 radical (unpaired) electrons. The monoisotopic (exact) mass is 186 g/mol. The van der Waals surface area contributed by atoms with Crippen molar-refractivity contribution < 1.29 is 14.4 Å². The third-order valence-corrected chi connectivity index (χ3v) is 2.17. The molecule has 4 nitrogen and oxygen atoms in total. The molecule has 0 spiro atoms. The SMILES string of the molecule is [N-]=[N+]=C1CC=CC2=C1C(=O)C=CC2=O. The van der Waals surface area contributed by atoms with Crippen molar-refractivity contribution in [2.45, 2.75) is 6.42 Å². The largest absolute Gasteiger partial charge is 0.361 e. The normalized spacial score (nSPS) is 19.9. The first-order chi connectivity index (χ1) is 6.74. The van der Waals surface area contributed by atoms with Gasteiger partial charge in [-0.05, 0) is 12.2 Å². The molecule has 14 heavy (non-hydrogen) atoms. The minimum absolute atomic E-state index is 0.225. The van der Waals surface area contributed by atoms with Crippen molar-refractivity contribution in [1.82, 2.24) is 0 Å². The van der Waals surface area contributed by atoms with Gasteiger partial charge in [-0.3, -0.25) is 9.59 Å². The van der Waals surface area contributed by atoms with Gasteiger partial charge in [0.05, 0.1) is 6.42 Å². The molecule has 0 saturated heterocycles. The van der Waals surface area contributed by atoms with Crippen LogP contribution in [0.5, 0.6) is 0 Å². The molecule has 0 N–H and O–H groups in total. The third kappa shape index (κ3) is 1.09. The van der Waals surface area contributed by atoms with E-state index in [0.717, 1.165) is 0 Å². The fourth-order valence-corrected chi connectivity index (χ4v) is 1.52. The van der Waals surface area contributed by atoms with Crippen molar-refractivity contribution in [2.24, 2.45) is 0 Å². The van der Waals surface area contributed by atoms with Crippen LogP contribution in [0.4, 0.5) is 0 Å². The molecule has 0 bridgehead atoms. The highest BCUT2D eigenvalue weighted by atomic mass is 16.1. The lowest BCUT2D eigenvalue weighted by Gasteiger charge is -2.10. The number of carbonyl (C=O) groups is 2. The topological polar surface area (TPSA) is 70.5 Å². The molecule has 2 aliphatic carbocycles. The molecule has 68 valence electrons. The van der Waals surface area contributed by atoms with Crippen LogP contribution in [-0.2, 0) is 9.59 Å². The maximum Gasteiger partial charge on any atom is 0.307 e. The van der Waals surface area contributed by atoms with Gasteiger partial charge in [-0.1, -0.05) is 12.2 Å². The fourth-order valence-electron chi connectivity index (χ4n) is 1.52. The molecule has 0 atom stereocenters. The Bertz CT molecular complexity index is 474. The Labute approximate surface area is 79.8 Å². The van der Waals surface area contributed by atoms with Gasteiger partial charge in [0.25, 0.3) is 0 Å². The molecule has 0 heterocycles. The maximum atomic E-state index is 11.4. The lowest BCUT2D eigenvalue weighted by molar-refractivity contribution is -0.115. The third-order valence-electron chi connectivity index (χ3n) is 2.17. The molecule has 0 aliphatic heterocycles. The molecule has 0 aromatic carbocycles. The Morgan fingerprint density at radius 3 is 2.57 bits per heavy atom. The van der Waals surface area contributed by atoms with E-state index in [1.807, 2.05) is 0 Å². The van der Waals surface area contributed by atoms with E-state index >= 15 is 0 Å². The highest BCUT2D eigenvalue weighted by Crippen LogP contribution is 2.21. The van der Waals surface area contributed by atoms with Gasteiger partial charge in [0.15, 0.2) is 11.6 Å². The van der Waals surface area contributed by atoms with Gasteiger partial charge < -0.3 is 5.53 Å². The highest BCUT2D eigenvalue weighted by molar-refractivity contribution is 6.34. The molecule has 0 saturated carbocycles. The number of hydrogen-bond donors (Lipinski definition) is 0. The average Bonchev–Trinajstić information content (AvgIpc) is 2.23. The molecule has 0 unspecified atom stereocenters. The van der Waals surface area contributed by atoms with Crippen molar-refractivity contribution >= 4 is 17.3 Å². The number of allylic oxidation sites excluding steroid dienone is 6. The minimum Gasteiger partial charge on any atom is -0.361 e.